The van der Waals surface area contributed by atoms with Crippen LogP contribution in [0.25, 0.3) is 76.5 Å². The molecule has 0 spiro atoms. The van der Waals surface area contributed by atoms with Gasteiger partial charge in [-0.3, -0.25) is 0 Å². The summed E-state index contributed by atoms with van der Waals surface area (Å²) in [7, 11) is 0. The van der Waals surface area contributed by atoms with E-state index in [-0.39, 0.29) is 0 Å². The number of rotatable bonds is 6. The van der Waals surface area contributed by atoms with Gasteiger partial charge < -0.3 is 4.90 Å². The second-order valence-corrected chi connectivity index (χ2v) is 13.7. The van der Waals surface area contributed by atoms with E-state index in [1.165, 1.54) is 76.5 Å². The molecular weight excluding hydrogens is 639 g/mol. The van der Waals surface area contributed by atoms with Gasteiger partial charge >= 0.3 is 0 Å². The molecule has 0 radical (unpaired) electrons. The Morgan fingerprint density at radius 3 is 1.70 bits per heavy atom. The highest BCUT2D eigenvalue weighted by Gasteiger charge is 2.18. The molecule has 10 aromatic rings. The molecule has 0 amide bonds. The number of fused-ring (bicyclic) bond motifs is 6. The summed E-state index contributed by atoms with van der Waals surface area (Å²) in [6.07, 6.45) is 0. The number of benzene rings is 10. The Balaban J connectivity index is 1.13. The highest BCUT2D eigenvalue weighted by molar-refractivity contribution is 6.22. The number of nitrogens with zero attached hydrogens (tertiary/aromatic N) is 1. The second kappa shape index (κ2) is 13.0. The minimum absolute atomic E-state index is 1.11. The first kappa shape index (κ1) is 30.8. The fourth-order valence-corrected chi connectivity index (χ4v) is 8.05. The molecule has 0 fully saturated rings. The molecule has 1 nitrogen and oxygen atoms in total. The van der Waals surface area contributed by atoms with Crippen LogP contribution in [-0.2, 0) is 0 Å². The highest BCUT2D eigenvalue weighted by atomic mass is 15.1. The van der Waals surface area contributed by atoms with Crippen LogP contribution in [0.3, 0.4) is 0 Å². The van der Waals surface area contributed by atoms with E-state index in [4.69, 9.17) is 0 Å². The molecular formula is C52H35N. The van der Waals surface area contributed by atoms with Gasteiger partial charge in [0.2, 0.25) is 0 Å². The van der Waals surface area contributed by atoms with Crippen molar-refractivity contribution in [3.63, 3.8) is 0 Å². The van der Waals surface area contributed by atoms with Crippen molar-refractivity contribution in [1.82, 2.24) is 0 Å². The Bertz CT molecular complexity index is 2930. The number of hydrogen-bond acceptors (Lipinski definition) is 1. The van der Waals surface area contributed by atoms with E-state index in [2.05, 4.69) is 217 Å². The highest BCUT2D eigenvalue weighted by Crippen LogP contribution is 2.43. The topological polar surface area (TPSA) is 3.24 Å². The first-order valence-corrected chi connectivity index (χ1v) is 18.3. The van der Waals surface area contributed by atoms with Crippen LogP contribution in [0.2, 0.25) is 0 Å². The lowest BCUT2D eigenvalue weighted by molar-refractivity contribution is 1.29. The second-order valence-electron chi connectivity index (χ2n) is 13.7. The molecule has 53 heavy (non-hydrogen) atoms. The van der Waals surface area contributed by atoms with Gasteiger partial charge in [-0.05, 0) is 107 Å². The Morgan fingerprint density at radius 1 is 0.264 bits per heavy atom. The first-order chi connectivity index (χ1) is 26.3. The summed E-state index contributed by atoms with van der Waals surface area (Å²) in [6, 6.07) is 77.2. The van der Waals surface area contributed by atoms with Crippen LogP contribution in [0.1, 0.15) is 0 Å². The Morgan fingerprint density at radius 2 is 0.849 bits per heavy atom. The monoisotopic (exact) mass is 673 g/mol. The van der Waals surface area contributed by atoms with E-state index >= 15 is 0 Å². The predicted molar refractivity (Wildman–Crippen MR) is 227 cm³/mol. The van der Waals surface area contributed by atoms with Gasteiger partial charge in [0.25, 0.3) is 0 Å². The summed E-state index contributed by atoms with van der Waals surface area (Å²) in [5.74, 6) is 0. The standard InChI is InChI=1S/C52H35N/c1-3-12-36(13-4-1)37-26-30-44(31-27-37)53(51-21-10-9-17-47(51)39-14-5-2-6-15-39)45-32-28-38-22-25-42(34-43(38)35-45)46-19-11-20-50-49(46)33-29-41-24-23-40-16-7-8-18-48(40)52(41)50/h1-35H. The van der Waals surface area contributed by atoms with Crippen molar-refractivity contribution in [2.75, 3.05) is 4.90 Å². The van der Waals surface area contributed by atoms with Crippen molar-refractivity contribution in [3.8, 4) is 33.4 Å². The molecule has 10 aromatic carbocycles. The van der Waals surface area contributed by atoms with Gasteiger partial charge in [-0.1, -0.05) is 176 Å². The van der Waals surface area contributed by atoms with Crippen molar-refractivity contribution >= 4 is 60.2 Å². The third kappa shape index (κ3) is 5.51. The maximum atomic E-state index is 2.40. The molecule has 248 valence electrons. The summed E-state index contributed by atoms with van der Waals surface area (Å²) >= 11 is 0. The van der Waals surface area contributed by atoms with E-state index < -0.39 is 0 Å². The molecule has 0 aromatic heterocycles. The molecule has 0 unspecified atom stereocenters. The lowest BCUT2D eigenvalue weighted by atomic mass is 9.91. The van der Waals surface area contributed by atoms with Crippen molar-refractivity contribution < 1.29 is 0 Å². The summed E-state index contributed by atoms with van der Waals surface area (Å²) in [6.45, 7) is 0. The smallest absolute Gasteiger partial charge is 0.0540 e. The van der Waals surface area contributed by atoms with E-state index in [1.807, 2.05) is 0 Å². The largest absolute Gasteiger partial charge is 0.310 e. The average Bonchev–Trinajstić information content (AvgIpc) is 3.24. The number of hydrogen-bond donors (Lipinski definition) is 0. The van der Waals surface area contributed by atoms with Gasteiger partial charge in [-0.25, -0.2) is 0 Å². The van der Waals surface area contributed by atoms with E-state index in [1.54, 1.807) is 0 Å². The number of anilines is 3. The molecule has 0 heterocycles. The minimum atomic E-state index is 1.11. The molecule has 0 aliphatic carbocycles. The zero-order chi connectivity index (χ0) is 35.1. The van der Waals surface area contributed by atoms with Crippen molar-refractivity contribution in [2.24, 2.45) is 0 Å². The van der Waals surface area contributed by atoms with Crippen molar-refractivity contribution in [3.05, 3.63) is 212 Å². The summed E-state index contributed by atoms with van der Waals surface area (Å²) in [4.78, 5) is 2.40. The summed E-state index contributed by atoms with van der Waals surface area (Å²) in [5.41, 5.74) is 10.6. The molecule has 0 aliphatic rings. The SMILES string of the molecule is c1ccc(-c2ccc(N(c3ccc4ccc(-c5cccc6c5ccc5ccc7ccccc7c56)cc4c3)c3ccccc3-c3ccccc3)cc2)cc1. The molecule has 1 heteroatoms. The lowest BCUT2D eigenvalue weighted by Crippen LogP contribution is -2.11. The van der Waals surface area contributed by atoms with Gasteiger partial charge in [0.1, 0.15) is 0 Å². The zero-order valence-corrected chi connectivity index (χ0v) is 29.2. The van der Waals surface area contributed by atoms with Crippen molar-refractivity contribution in [1.29, 1.82) is 0 Å². The average molecular weight is 674 g/mol. The maximum Gasteiger partial charge on any atom is 0.0540 e. The summed E-state index contributed by atoms with van der Waals surface area (Å²) < 4.78 is 0. The molecule has 0 aliphatic heterocycles. The molecule has 0 atom stereocenters. The predicted octanol–water partition coefficient (Wildman–Crippen LogP) is 14.8. The van der Waals surface area contributed by atoms with Crippen LogP contribution in [-0.4, -0.2) is 0 Å². The van der Waals surface area contributed by atoms with Crippen molar-refractivity contribution in [2.45, 2.75) is 0 Å². The molecule has 10 rings (SSSR count). The van der Waals surface area contributed by atoms with Gasteiger partial charge in [0.05, 0.1) is 5.69 Å². The van der Waals surface area contributed by atoms with E-state index in [0.29, 0.717) is 0 Å². The van der Waals surface area contributed by atoms with Gasteiger partial charge in [0.15, 0.2) is 0 Å². The Labute approximate surface area is 309 Å². The molecule has 0 saturated heterocycles. The third-order valence-corrected chi connectivity index (χ3v) is 10.6. The van der Waals surface area contributed by atoms with Gasteiger partial charge in [-0.15, -0.1) is 0 Å². The first-order valence-electron chi connectivity index (χ1n) is 18.3. The van der Waals surface area contributed by atoms with Crippen LogP contribution in [0.4, 0.5) is 17.1 Å². The Hall–Kier alpha value is -6.96. The normalized spacial score (nSPS) is 11.4. The Kier molecular flexibility index (Phi) is 7.55. The van der Waals surface area contributed by atoms with Crippen LogP contribution in [0.5, 0.6) is 0 Å². The van der Waals surface area contributed by atoms with Crippen LogP contribution >= 0.6 is 0 Å². The molecule has 0 bridgehead atoms. The van der Waals surface area contributed by atoms with Crippen LogP contribution in [0, 0.1) is 0 Å². The van der Waals surface area contributed by atoms with E-state index in [0.717, 1.165) is 17.1 Å². The van der Waals surface area contributed by atoms with Gasteiger partial charge in [0, 0.05) is 16.9 Å². The molecule has 0 saturated carbocycles. The van der Waals surface area contributed by atoms with Crippen LogP contribution in [0.15, 0.2) is 212 Å². The summed E-state index contributed by atoms with van der Waals surface area (Å²) in [5, 5.41) is 10.1. The quantitative estimate of drug-likeness (QED) is 0.159. The molecule has 0 N–H and O–H groups in total. The minimum Gasteiger partial charge on any atom is -0.310 e. The van der Waals surface area contributed by atoms with Gasteiger partial charge in [-0.2, -0.15) is 0 Å². The fraction of sp³-hybridized carbons (Fsp3) is 0. The number of para-hydroxylation sites is 1. The van der Waals surface area contributed by atoms with Crippen LogP contribution < -0.4 is 4.90 Å². The van der Waals surface area contributed by atoms with E-state index in [9.17, 15) is 0 Å². The maximum absolute atomic E-state index is 2.40. The lowest BCUT2D eigenvalue weighted by Gasteiger charge is -2.28. The zero-order valence-electron chi connectivity index (χ0n) is 29.2. The third-order valence-electron chi connectivity index (χ3n) is 10.6. The fourth-order valence-electron chi connectivity index (χ4n) is 8.05.